The van der Waals surface area contributed by atoms with E-state index in [1.165, 1.54) is 4.90 Å². The zero-order valence-electron chi connectivity index (χ0n) is 19.5. The Bertz CT molecular complexity index is 1250. The number of hydrogen-bond acceptors (Lipinski definition) is 6. The van der Waals surface area contributed by atoms with Gasteiger partial charge in [-0.1, -0.05) is 29.8 Å². The van der Waals surface area contributed by atoms with Crippen LogP contribution >= 0.6 is 0 Å². The molecule has 1 aromatic heterocycles. The van der Waals surface area contributed by atoms with E-state index in [0.717, 1.165) is 11.3 Å². The van der Waals surface area contributed by atoms with Crippen LogP contribution in [0.1, 0.15) is 32.0 Å². The first-order valence-corrected chi connectivity index (χ1v) is 11.6. The number of piperazine rings is 1. The van der Waals surface area contributed by atoms with Crippen LogP contribution in [0.5, 0.6) is 5.75 Å². The highest BCUT2D eigenvalue weighted by atomic mass is 16.5. The van der Waals surface area contributed by atoms with Gasteiger partial charge in [0.2, 0.25) is 0 Å². The Morgan fingerprint density at radius 3 is 2.40 bits per heavy atom. The van der Waals surface area contributed by atoms with Gasteiger partial charge in [0.15, 0.2) is 6.61 Å². The maximum Gasteiger partial charge on any atom is 0.264 e. The van der Waals surface area contributed by atoms with Crippen molar-refractivity contribution in [2.45, 2.75) is 13.5 Å². The number of carbonyl (C=O) groups is 3. The van der Waals surface area contributed by atoms with Crippen molar-refractivity contribution in [1.29, 1.82) is 0 Å². The summed E-state index contributed by atoms with van der Waals surface area (Å²) in [6, 6.07) is 18.4. The van der Waals surface area contributed by atoms with Gasteiger partial charge in [0.05, 0.1) is 29.1 Å². The van der Waals surface area contributed by atoms with E-state index < -0.39 is 0 Å². The summed E-state index contributed by atoms with van der Waals surface area (Å²) in [6.45, 7) is 4.27. The molecule has 1 saturated heterocycles. The normalized spacial score (nSPS) is 15.4. The number of rotatable bonds is 6. The molecule has 0 aliphatic carbocycles. The minimum Gasteiger partial charge on any atom is -0.484 e. The fourth-order valence-corrected chi connectivity index (χ4v) is 4.44. The van der Waals surface area contributed by atoms with Gasteiger partial charge < -0.3 is 14.5 Å². The second-order valence-corrected chi connectivity index (χ2v) is 8.69. The Balaban J connectivity index is 1.23. The molecule has 0 radical (unpaired) electrons. The second kappa shape index (κ2) is 9.58. The molecule has 8 heteroatoms. The topological polar surface area (TPSA) is 83.1 Å². The lowest BCUT2D eigenvalue weighted by molar-refractivity contribution is -0.133. The molecule has 178 valence electrons. The lowest BCUT2D eigenvalue weighted by Crippen LogP contribution is -2.50. The van der Waals surface area contributed by atoms with Gasteiger partial charge in [-0.2, -0.15) is 0 Å². The van der Waals surface area contributed by atoms with Crippen LogP contribution in [-0.4, -0.2) is 65.3 Å². The van der Waals surface area contributed by atoms with Crippen molar-refractivity contribution in [3.8, 4) is 5.75 Å². The quantitative estimate of drug-likeness (QED) is 0.515. The Labute approximate surface area is 203 Å². The number of benzene rings is 2. The smallest absolute Gasteiger partial charge is 0.264 e. The summed E-state index contributed by atoms with van der Waals surface area (Å²) in [5.41, 5.74) is 3.35. The lowest BCUT2D eigenvalue weighted by atomic mass is 10.1. The average Bonchev–Trinajstić information content (AvgIpc) is 3.14. The van der Waals surface area contributed by atoms with E-state index in [4.69, 9.17) is 4.74 Å². The number of amides is 3. The SMILES string of the molecule is Cc1ccc(OCC(=O)N2CCN(c3cccc4c3C(=O)N(Cc3ccccn3)C4=O)CC2)cc1. The standard InChI is InChI=1S/C27H26N4O4/c1-19-8-10-21(11-9-19)35-18-24(32)30-15-13-29(14-16-30)23-7-4-6-22-25(23)27(34)31(26(22)33)17-20-5-2-3-12-28-20/h2-12H,13-18H2,1H3. The van der Waals surface area contributed by atoms with Gasteiger partial charge in [0.25, 0.3) is 17.7 Å². The van der Waals surface area contributed by atoms with Crippen LogP contribution in [0.25, 0.3) is 0 Å². The van der Waals surface area contributed by atoms with Crippen molar-refractivity contribution in [3.63, 3.8) is 0 Å². The molecule has 0 spiro atoms. The highest BCUT2D eigenvalue weighted by Gasteiger charge is 2.39. The van der Waals surface area contributed by atoms with Gasteiger partial charge >= 0.3 is 0 Å². The molecule has 1 fully saturated rings. The van der Waals surface area contributed by atoms with Crippen molar-refractivity contribution in [1.82, 2.24) is 14.8 Å². The van der Waals surface area contributed by atoms with E-state index in [0.29, 0.717) is 48.7 Å². The number of nitrogens with zero attached hydrogens (tertiary/aromatic N) is 4. The summed E-state index contributed by atoms with van der Waals surface area (Å²) < 4.78 is 5.64. The van der Waals surface area contributed by atoms with E-state index >= 15 is 0 Å². The molecule has 0 unspecified atom stereocenters. The molecule has 2 aliphatic rings. The number of aryl methyl sites for hydroxylation is 1. The molecule has 3 heterocycles. The van der Waals surface area contributed by atoms with Crippen molar-refractivity contribution in [2.75, 3.05) is 37.7 Å². The lowest BCUT2D eigenvalue weighted by Gasteiger charge is -2.36. The summed E-state index contributed by atoms with van der Waals surface area (Å²) in [7, 11) is 0. The van der Waals surface area contributed by atoms with Gasteiger partial charge in [-0.3, -0.25) is 24.3 Å². The molecule has 3 amide bonds. The van der Waals surface area contributed by atoms with Crippen LogP contribution in [0.2, 0.25) is 0 Å². The van der Waals surface area contributed by atoms with E-state index in [9.17, 15) is 14.4 Å². The van der Waals surface area contributed by atoms with Crippen LogP contribution in [-0.2, 0) is 11.3 Å². The molecule has 2 aromatic carbocycles. The third-order valence-corrected chi connectivity index (χ3v) is 6.38. The monoisotopic (exact) mass is 470 g/mol. The van der Waals surface area contributed by atoms with Crippen molar-refractivity contribution in [3.05, 3.63) is 89.2 Å². The third-order valence-electron chi connectivity index (χ3n) is 6.38. The third kappa shape index (κ3) is 4.59. The number of carbonyl (C=O) groups excluding carboxylic acids is 3. The van der Waals surface area contributed by atoms with E-state index in [1.54, 1.807) is 35.4 Å². The molecule has 2 aliphatic heterocycles. The average molecular weight is 471 g/mol. The summed E-state index contributed by atoms with van der Waals surface area (Å²) in [4.78, 5) is 48.2. The number of pyridine rings is 1. The molecular formula is C27H26N4O4. The Morgan fingerprint density at radius 1 is 0.914 bits per heavy atom. The summed E-state index contributed by atoms with van der Waals surface area (Å²) >= 11 is 0. The van der Waals surface area contributed by atoms with Crippen LogP contribution in [0.3, 0.4) is 0 Å². The number of aromatic nitrogens is 1. The van der Waals surface area contributed by atoms with Crippen LogP contribution in [0.4, 0.5) is 5.69 Å². The van der Waals surface area contributed by atoms with Gasteiger partial charge in [-0.25, -0.2) is 0 Å². The number of hydrogen-bond donors (Lipinski definition) is 0. The molecule has 35 heavy (non-hydrogen) atoms. The predicted octanol–water partition coefficient (Wildman–Crippen LogP) is 2.91. The molecule has 0 atom stereocenters. The van der Waals surface area contributed by atoms with E-state index in [2.05, 4.69) is 9.88 Å². The highest BCUT2D eigenvalue weighted by molar-refractivity contribution is 6.23. The van der Waals surface area contributed by atoms with Crippen molar-refractivity contribution < 1.29 is 19.1 Å². The largest absolute Gasteiger partial charge is 0.484 e. The molecule has 0 N–H and O–H groups in total. The molecule has 8 nitrogen and oxygen atoms in total. The zero-order valence-corrected chi connectivity index (χ0v) is 19.5. The molecule has 3 aromatic rings. The number of anilines is 1. The molecule has 0 saturated carbocycles. The number of imide groups is 1. The minimum absolute atomic E-state index is 0.0146. The number of ether oxygens (including phenoxy) is 1. The summed E-state index contributed by atoms with van der Waals surface area (Å²) in [5.74, 6) is -0.0204. The zero-order chi connectivity index (χ0) is 24.4. The van der Waals surface area contributed by atoms with Gasteiger partial charge in [-0.05, 0) is 43.3 Å². The molecular weight excluding hydrogens is 444 g/mol. The van der Waals surface area contributed by atoms with Crippen molar-refractivity contribution in [2.24, 2.45) is 0 Å². The van der Waals surface area contributed by atoms with Crippen molar-refractivity contribution >= 4 is 23.4 Å². The first-order valence-electron chi connectivity index (χ1n) is 11.6. The Kier molecular flexibility index (Phi) is 6.18. The first-order chi connectivity index (χ1) is 17.0. The van der Waals surface area contributed by atoms with Crippen LogP contribution < -0.4 is 9.64 Å². The van der Waals surface area contributed by atoms with Gasteiger partial charge in [0.1, 0.15) is 5.75 Å². The highest BCUT2D eigenvalue weighted by Crippen LogP contribution is 2.33. The van der Waals surface area contributed by atoms with E-state index in [-0.39, 0.29) is 30.9 Å². The van der Waals surface area contributed by atoms with Crippen LogP contribution in [0.15, 0.2) is 66.9 Å². The second-order valence-electron chi connectivity index (χ2n) is 8.69. The first kappa shape index (κ1) is 22.6. The predicted molar refractivity (Wildman–Crippen MR) is 130 cm³/mol. The van der Waals surface area contributed by atoms with Gasteiger partial charge in [-0.15, -0.1) is 0 Å². The Morgan fingerprint density at radius 2 is 1.69 bits per heavy atom. The fourth-order valence-electron chi connectivity index (χ4n) is 4.44. The van der Waals surface area contributed by atoms with Crippen LogP contribution in [0, 0.1) is 6.92 Å². The Hall–Kier alpha value is -4.20. The number of fused-ring (bicyclic) bond motifs is 1. The summed E-state index contributed by atoms with van der Waals surface area (Å²) in [6.07, 6.45) is 1.64. The summed E-state index contributed by atoms with van der Waals surface area (Å²) in [5, 5.41) is 0. The fraction of sp³-hybridized carbons (Fsp3) is 0.259. The van der Waals surface area contributed by atoms with E-state index in [1.807, 2.05) is 43.3 Å². The molecule has 5 rings (SSSR count). The minimum atomic E-state index is -0.309. The maximum absolute atomic E-state index is 13.3. The van der Waals surface area contributed by atoms with Gasteiger partial charge in [0, 0.05) is 32.4 Å². The maximum atomic E-state index is 13.3. The molecule has 0 bridgehead atoms.